The first-order chi connectivity index (χ1) is 16.8. The molecule has 0 amide bonds. The third-order valence-electron chi connectivity index (χ3n) is 3.59. The quantitative estimate of drug-likeness (QED) is 0.203. The molecule has 0 saturated carbocycles. The van der Waals surface area contributed by atoms with Gasteiger partial charge < -0.3 is 0 Å². The van der Waals surface area contributed by atoms with Gasteiger partial charge in [0.2, 0.25) is 0 Å². The molecule has 0 aromatic carbocycles. The second kappa shape index (κ2) is 13.3. The Kier molecular flexibility index (Phi) is 13.6. The summed E-state index contributed by atoms with van der Waals surface area (Å²) in [5.41, 5.74) is -4.24. The molecule has 0 saturated heterocycles. The van der Waals surface area contributed by atoms with Gasteiger partial charge in [0.15, 0.2) is 0 Å². The van der Waals surface area contributed by atoms with Crippen molar-refractivity contribution in [1.82, 2.24) is 0 Å². The molecule has 0 aliphatic heterocycles. The molecule has 236 valence electrons. The first-order valence-corrected chi connectivity index (χ1v) is 20.8. The Morgan fingerprint density at radius 3 is 0.590 bits per heavy atom. The molecule has 0 rings (SSSR count). The summed E-state index contributed by atoms with van der Waals surface area (Å²) >= 11 is -5.25. The predicted molar refractivity (Wildman–Crippen MR) is 153 cm³/mol. The Bertz CT molecular complexity index is 608. The van der Waals surface area contributed by atoms with Crippen LogP contribution in [-0.2, 0) is 59.2 Å². The van der Waals surface area contributed by atoms with E-state index >= 15 is 0 Å². The van der Waals surface area contributed by atoms with Gasteiger partial charge in [0.05, 0.1) is 0 Å². The number of rotatable bonds is 12. The van der Waals surface area contributed by atoms with Gasteiger partial charge in [-0.3, -0.25) is 0 Å². The summed E-state index contributed by atoms with van der Waals surface area (Å²) in [6.07, 6.45) is 0. The average Bonchev–Trinajstić information content (AvgIpc) is 2.50. The van der Waals surface area contributed by atoms with Crippen molar-refractivity contribution in [1.29, 1.82) is 0 Å². The van der Waals surface area contributed by atoms with Crippen LogP contribution in [-0.4, -0.2) is 65.9 Å². The molecule has 0 spiro atoms. The van der Waals surface area contributed by atoms with E-state index in [4.69, 9.17) is 37.2 Å². The minimum atomic E-state index is -5.25. The Morgan fingerprint density at radius 2 is 0.487 bits per heavy atom. The molecule has 0 aromatic rings. The molecule has 0 radical (unpaired) electrons. The summed E-state index contributed by atoms with van der Waals surface area (Å²) in [7, 11) is -5.23. The fraction of sp³-hybridized carbons (Fsp3) is 1.00. The molecule has 0 aliphatic rings. The second-order valence-corrected chi connectivity index (χ2v) is 26.5. The van der Waals surface area contributed by atoms with Gasteiger partial charge in [0.1, 0.15) is 0 Å². The van der Waals surface area contributed by atoms with E-state index < -0.39 is 73.7 Å². The van der Waals surface area contributed by atoms with Crippen molar-refractivity contribution in [3.8, 4) is 0 Å². The topological polar surface area (TPSA) is 92.3 Å². The molecule has 0 aliphatic carbocycles. The third-order valence-corrected chi connectivity index (χ3v) is 19.6. The third kappa shape index (κ3) is 17.6. The van der Waals surface area contributed by atoms with Crippen molar-refractivity contribution in [3.05, 3.63) is 0 Å². The fourth-order valence-electron chi connectivity index (χ4n) is 3.08. The zero-order valence-electron chi connectivity index (χ0n) is 28.6. The van der Waals surface area contributed by atoms with Crippen LogP contribution in [0.2, 0.25) is 0 Å². The number of hydrogen-bond acceptors (Lipinski definition) is 10. The van der Waals surface area contributed by atoms with Crippen LogP contribution in [0.3, 0.4) is 0 Å². The Labute approximate surface area is 248 Å². The van der Waals surface area contributed by atoms with Crippen LogP contribution in [0.1, 0.15) is 125 Å². The molecular weight excluding hydrogens is 620 g/mol. The van der Waals surface area contributed by atoms with Gasteiger partial charge in [-0.25, -0.2) is 0 Å². The van der Waals surface area contributed by atoms with Crippen molar-refractivity contribution in [2.24, 2.45) is 0 Å². The van der Waals surface area contributed by atoms with E-state index in [2.05, 4.69) is 0 Å². The summed E-state index contributed by atoms with van der Waals surface area (Å²) in [6, 6.07) is 0. The first kappa shape index (κ1) is 39.9. The van der Waals surface area contributed by atoms with Crippen molar-refractivity contribution < 1.29 is 59.2 Å². The van der Waals surface area contributed by atoms with Crippen molar-refractivity contribution >= 4 is 18.1 Å². The van der Waals surface area contributed by atoms with E-state index in [1.807, 2.05) is 125 Å². The molecule has 0 fully saturated rings. The summed E-state index contributed by atoms with van der Waals surface area (Å²) in [4.78, 5) is 0. The van der Waals surface area contributed by atoms with Crippen molar-refractivity contribution in [3.63, 3.8) is 0 Å². The maximum absolute atomic E-state index is 6.76. The summed E-state index contributed by atoms with van der Waals surface area (Å²) in [5.74, 6) is 0. The summed E-state index contributed by atoms with van der Waals surface area (Å²) in [6.45, 7) is 34.3. The van der Waals surface area contributed by atoms with Crippen LogP contribution >= 0.6 is 0 Å². The monoisotopic (exact) mass is 678 g/mol. The summed E-state index contributed by atoms with van der Waals surface area (Å²) in [5, 5.41) is 0. The van der Waals surface area contributed by atoms with Gasteiger partial charge in [-0.15, -0.1) is 0 Å². The molecule has 0 aromatic heterocycles. The van der Waals surface area contributed by atoms with E-state index in [1.54, 1.807) is 0 Å². The summed E-state index contributed by atoms with van der Waals surface area (Å²) < 4.78 is 64.7. The molecule has 0 atom stereocenters. The van der Waals surface area contributed by atoms with E-state index in [0.29, 0.717) is 0 Å². The molecule has 0 heterocycles. The van der Waals surface area contributed by atoms with Crippen LogP contribution in [0.15, 0.2) is 0 Å². The fourth-order valence-corrected chi connectivity index (χ4v) is 19.3. The van der Waals surface area contributed by atoms with Gasteiger partial charge in [0.25, 0.3) is 0 Å². The molecular formula is C26H60O10Si2Zr. The Morgan fingerprint density at radius 1 is 0.333 bits per heavy atom. The molecule has 0 unspecified atom stereocenters. The molecule has 0 N–H and O–H groups in total. The zero-order chi connectivity index (χ0) is 31.6. The maximum atomic E-state index is 6.76. The van der Waals surface area contributed by atoms with Crippen molar-refractivity contribution in [2.45, 2.75) is 158 Å². The van der Waals surface area contributed by atoms with Gasteiger partial charge in [0, 0.05) is 0 Å². The van der Waals surface area contributed by atoms with Crippen LogP contribution in [0.4, 0.5) is 0 Å². The second-order valence-electron chi connectivity index (χ2n) is 15.4. The normalized spacial score (nSPS) is 15.7. The van der Waals surface area contributed by atoms with E-state index in [1.165, 1.54) is 14.2 Å². The zero-order valence-corrected chi connectivity index (χ0v) is 33.0. The number of hydrogen-bond donors (Lipinski definition) is 0. The van der Waals surface area contributed by atoms with Gasteiger partial charge in [-0.05, 0) is 0 Å². The van der Waals surface area contributed by atoms with E-state index in [0.717, 1.165) is 0 Å². The first-order valence-electron chi connectivity index (χ1n) is 13.5. The average molecular weight is 680 g/mol. The minimum absolute atomic E-state index is 0.706. The molecule has 10 nitrogen and oxygen atoms in total. The predicted octanol–water partition coefficient (Wildman–Crippen LogP) is 6.89. The van der Waals surface area contributed by atoms with Gasteiger partial charge in [-0.1, -0.05) is 0 Å². The Hall–Kier alpha value is 0.917. The standard InChI is InChI=1S/2C12H27O4Si.2CH3O.Zr/c2*1-10(2,3)14-17(13,15-11(4,5)6)16-12(7,8)9;2*1-2;/h2*1-9H3;2*1H3;/q4*-1;+4. The van der Waals surface area contributed by atoms with Crippen LogP contribution in [0.5, 0.6) is 0 Å². The van der Waals surface area contributed by atoms with Crippen LogP contribution < -0.4 is 0 Å². The molecule has 39 heavy (non-hydrogen) atoms. The van der Waals surface area contributed by atoms with Crippen LogP contribution in [0.25, 0.3) is 0 Å². The van der Waals surface area contributed by atoms with Crippen molar-refractivity contribution in [2.75, 3.05) is 14.2 Å². The van der Waals surface area contributed by atoms with E-state index in [9.17, 15) is 0 Å². The van der Waals surface area contributed by atoms with Gasteiger partial charge in [-0.2, -0.15) is 0 Å². The molecule has 13 heteroatoms. The molecule has 0 bridgehead atoms. The Balaban J connectivity index is 7.29. The van der Waals surface area contributed by atoms with Gasteiger partial charge >= 0.3 is 250 Å². The van der Waals surface area contributed by atoms with E-state index in [-0.39, 0.29) is 0 Å². The van der Waals surface area contributed by atoms with Crippen LogP contribution in [0, 0.1) is 0 Å². The SMILES string of the molecule is C[O][Zr]([O]C)([O][Si](OC(C)(C)C)(OC(C)(C)C)OC(C)(C)C)[O][Si](OC(C)(C)C)(OC(C)(C)C)OC(C)(C)C.